The summed E-state index contributed by atoms with van der Waals surface area (Å²) < 4.78 is 1.62. The quantitative estimate of drug-likeness (QED) is 0.500. The van der Waals surface area contributed by atoms with Crippen molar-refractivity contribution in [3.05, 3.63) is 80.1 Å². The summed E-state index contributed by atoms with van der Waals surface area (Å²) in [4.78, 5) is 21.3. The first-order valence-electron chi connectivity index (χ1n) is 9.03. The molecule has 0 saturated carbocycles. The second-order valence-corrected chi connectivity index (χ2v) is 7.85. The van der Waals surface area contributed by atoms with Gasteiger partial charge in [-0.2, -0.15) is 4.98 Å². The Bertz CT molecular complexity index is 1170. The Morgan fingerprint density at radius 1 is 1.18 bits per heavy atom. The number of rotatable bonds is 6. The van der Waals surface area contributed by atoms with E-state index in [1.165, 1.54) is 5.56 Å². The number of nitrogens with one attached hydrogen (secondary N) is 1. The van der Waals surface area contributed by atoms with E-state index >= 15 is 0 Å². The van der Waals surface area contributed by atoms with Crippen LogP contribution in [0.2, 0.25) is 5.02 Å². The molecule has 0 aliphatic rings. The largest absolute Gasteiger partial charge is 0.372 e. The Morgan fingerprint density at radius 3 is 2.86 bits per heavy atom. The zero-order chi connectivity index (χ0) is 19.5. The van der Waals surface area contributed by atoms with Crippen LogP contribution in [0.3, 0.4) is 0 Å². The van der Waals surface area contributed by atoms with Crippen molar-refractivity contribution in [3.63, 3.8) is 0 Å². The molecule has 0 unspecified atom stereocenters. The molecule has 4 aromatic rings. The molecule has 28 heavy (non-hydrogen) atoms. The Morgan fingerprint density at radius 2 is 2.07 bits per heavy atom. The van der Waals surface area contributed by atoms with Gasteiger partial charge in [0.05, 0.1) is 16.2 Å². The van der Waals surface area contributed by atoms with Crippen molar-refractivity contribution in [2.45, 2.75) is 19.3 Å². The van der Waals surface area contributed by atoms with Gasteiger partial charge < -0.3 is 5.32 Å². The van der Waals surface area contributed by atoms with Crippen LogP contribution in [0.25, 0.3) is 16.6 Å². The molecule has 2 aromatic heterocycles. The fraction of sp³-hybridized carbons (Fsp3) is 0.190. The standard InChI is InChI=1S/C21H19ClN4OS/c1-23-20-17-9-8-15(22)13-18(17)26(21(27)25-20)16-6-2-4-14(12-16)5-3-7-19-24-10-11-28-19/h2,4,6,8-13H,3,5,7H2,1H3,(H,23,25,27). The molecule has 0 spiro atoms. The molecule has 0 aliphatic heterocycles. The fourth-order valence-electron chi connectivity index (χ4n) is 3.31. The molecule has 0 atom stereocenters. The number of halogens is 1. The monoisotopic (exact) mass is 410 g/mol. The normalized spacial score (nSPS) is 11.1. The minimum Gasteiger partial charge on any atom is -0.372 e. The number of hydrogen-bond acceptors (Lipinski definition) is 5. The molecule has 2 heterocycles. The topological polar surface area (TPSA) is 59.8 Å². The van der Waals surface area contributed by atoms with Crippen LogP contribution >= 0.6 is 22.9 Å². The van der Waals surface area contributed by atoms with E-state index in [0.29, 0.717) is 10.8 Å². The maximum atomic E-state index is 12.8. The number of aryl methyl sites for hydroxylation is 2. The zero-order valence-corrected chi connectivity index (χ0v) is 16.9. The predicted molar refractivity (Wildman–Crippen MR) is 116 cm³/mol. The molecule has 0 bridgehead atoms. The van der Waals surface area contributed by atoms with E-state index in [2.05, 4.69) is 21.4 Å². The van der Waals surface area contributed by atoms with E-state index in [4.69, 9.17) is 11.6 Å². The summed E-state index contributed by atoms with van der Waals surface area (Å²) in [5.41, 5.74) is 2.36. The molecule has 4 rings (SSSR count). The van der Waals surface area contributed by atoms with Crippen LogP contribution in [0.4, 0.5) is 5.82 Å². The van der Waals surface area contributed by atoms with Gasteiger partial charge in [-0.15, -0.1) is 11.3 Å². The van der Waals surface area contributed by atoms with Gasteiger partial charge >= 0.3 is 5.69 Å². The van der Waals surface area contributed by atoms with Crippen molar-refractivity contribution in [2.24, 2.45) is 0 Å². The lowest BCUT2D eigenvalue weighted by atomic mass is 10.1. The highest BCUT2D eigenvalue weighted by atomic mass is 35.5. The van der Waals surface area contributed by atoms with E-state index in [9.17, 15) is 4.79 Å². The molecule has 1 N–H and O–H groups in total. The average Bonchev–Trinajstić information content (AvgIpc) is 3.21. The van der Waals surface area contributed by atoms with Gasteiger partial charge in [0.1, 0.15) is 5.82 Å². The van der Waals surface area contributed by atoms with Gasteiger partial charge in [0.15, 0.2) is 0 Å². The Hall–Kier alpha value is -2.70. The first kappa shape index (κ1) is 18.7. The zero-order valence-electron chi connectivity index (χ0n) is 15.4. The predicted octanol–water partition coefficient (Wildman–Crippen LogP) is 4.71. The SMILES string of the molecule is CNc1nc(=O)n(-c2cccc(CCCc3nccs3)c2)c2cc(Cl)ccc12. The summed E-state index contributed by atoms with van der Waals surface area (Å²) in [6.07, 6.45) is 4.72. The van der Waals surface area contributed by atoms with Crippen LogP contribution in [0, 0.1) is 0 Å². The number of aromatic nitrogens is 3. The first-order chi connectivity index (χ1) is 13.7. The summed E-state index contributed by atoms with van der Waals surface area (Å²) in [6, 6.07) is 13.5. The van der Waals surface area contributed by atoms with Gasteiger partial charge in [0.25, 0.3) is 0 Å². The van der Waals surface area contributed by atoms with Gasteiger partial charge in [0, 0.05) is 29.0 Å². The first-order valence-corrected chi connectivity index (χ1v) is 10.3. The summed E-state index contributed by atoms with van der Waals surface area (Å²) in [6.45, 7) is 0. The van der Waals surface area contributed by atoms with Crippen molar-refractivity contribution in [3.8, 4) is 5.69 Å². The summed E-state index contributed by atoms with van der Waals surface area (Å²) >= 11 is 7.90. The minimum atomic E-state index is -0.334. The average molecular weight is 411 g/mol. The third-order valence-corrected chi connectivity index (χ3v) is 5.67. The van der Waals surface area contributed by atoms with Gasteiger partial charge in [0.2, 0.25) is 0 Å². The maximum Gasteiger partial charge on any atom is 0.354 e. The van der Waals surface area contributed by atoms with Crippen LogP contribution in [0.15, 0.2) is 58.8 Å². The molecule has 0 aliphatic carbocycles. The molecule has 0 radical (unpaired) electrons. The van der Waals surface area contributed by atoms with Gasteiger partial charge in [-0.05, 0) is 55.2 Å². The van der Waals surface area contributed by atoms with Gasteiger partial charge in [-0.1, -0.05) is 23.7 Å². The van der Waals surface area contributed by atoms with E-state index < -0.39 is 0 Å². The number of nitrogens with zero attached hydrogens (tertiary/aromatic N) is 3. The molecule has 5 nitrogen and oxygen atoms in total. The molecule has 0 fully saturated rings. The van der Waals surface area contributed by atoms with E-state index in [0.717, 1.165) is 40.9 Å². The lowest BCUT2D eigenvalue weighted by Crippen LogP contribution is -2.23. The lowest BCUT2D eigenvalue weighted by molar-refractivity contribution is 0.812. The minimum absolute atomic E-state index is 0.334. The maximum absolute atomic E-state index is 12.8. The smallest absolute Gasteiger partial charge is 0.354 e. The van der Waals surface area contributed by atoms with Gasteiger partial charge in [-0.3, -0.25) is 4.57 Å². The van der Waals surface area contributed by atoms with E-state index in [-0.39, 0.29) is 5.69 Å². The number of fused-ring (bicyclic) bond motifs is 1. The van der Waals surface area contributed by atoms with Crippen LogP contribution in [0.5, 0.6) is 0 Å². The third-order valence-electron chi connectivity index (χ3n) is 4.60. The summed E-state index contributed by atoms with van der Waals surface area (Å²) in [5.74, 6) is 0.549. The molecular weight excluding hydrogens is 392 g/mol. The molecule has 0 saturated heterocycles. The Labute approximate surface area is 171 Å². The van der Waals surface area contributed by atoms with Crippen LogP contribution in [0.1, 0.15) is 17.0 Å². The Kier molecular flexibility index (Phi) is 5.41. The van der Waals surface area contributed by atoms with Gasteiger partial charge in [-0.25, -0.2) is 9.78 Å². The highest BCUT2D eigenvalue weighted by Crippen LogP contribution is 2.25. The molecule has 7 heteroatoms. The molecule has 142 valence electrons. The molecule has 0 amide bonds. The number of benzene rings is 2. The van der Waals surface area contributed by atoms with Crippen LogP contribution in [-0.2, 0) is 12.8 Å². The third kappa shape index (κ3) is 3.79. The molecular formula is C21H19ClN4OS. The summed E-state index contributed by atoms with van der Waals surface area (Å²) in [7, 11) is 1.75. The lowest BCUT2D eigenvalue weighted by Gasteiger charge is -2.13. The van der Waals surface area contributed by atoms with Crippen molar-refractivity contribution in [1.29, 1.82) is 0 Å². The molecule has 2 aromatic carbocycles. The van der Waals surface area contributed by atoms with Crippen LogP contribution in [-0.4, -0.2) is 21.6 Å². The Balaban J connectivity index is 1.71. The number of anilines is 1. The van der Waals surface area contributed by atoms with E-state index in [1.54, 1.807) is 35.1 Å². The van der Waals surface area contributed by atoms with E-state index in [1.807, 2.05) is 35.8 Å². The van der Waals surface area contributed by atoms with Crippen molar-refractivity contribution in [1.82, 2.24) is 14.5 Å². The fourth-order valence-corrected chi connectivity index (χ4v) is 4.14. The number of hydrogen-bond donors (Lipinski definition) is 1. The van der Waals surface area contributed by atoms with Crippen molar-refractivity contribution in [2.75, 3.05) is 12.4 Å². The highest BCUT2D eigenvalue weighted by molar-refractivity contribution is 7.09. The second-order valence-electron chi connectivity index (χ2n) is 6.44. The highest BCUT2D eigenvalue weighted by Gasteiger charge is 2.12. The van der Waals surface area contributed by atoms with Crippen molar-refractivity contribution >= 4 is 39.7 Å². The van der Waals surface area contributed by atoms with Crippen LogP contribution < -0.4 is 11.0 Å². The number of thiazole rings is 1. The second kappa shape index (κ2) is 8.12. The summed E-state index contributed by atoms with van der Waals surface area (Å²) in [5, 5.41) is 7.57. The van der Waals surface area contributed by atoms with Crippen molar-refractivity contribution < 1.29 is 0 Å².